The fourth-order valence-electron chi connectivity index (χ4n) is 1.41. The van der Waals surface area contributed by atoms with Gasteiger partial charge in [0.15, 0.2) is 11.0 Å². The van der Waals surface area contributed by atoms with Crippen LogP contribution in [0.15, 0.2) is 27.2 Å². The summed E-state index contributed by atoms with van der Waals surface area (Å²) >= 11 is 5.68. The van der Waals surface area contributed by atoms with Gasteiger partial charge in [-0.3, -0.25) is 0 Å². The first-order valence-electron chi connectivity index (χ1n) is 5.14. The Morgan fingerprint density at radius 1 is 1.38 bits per heavy atom. The molecule has 0 spiro atoms. The molecule has 0 aliphatic heterocycles. The lowest BCUT2D eigenvalue weighted by Crippen LogP contribution is -2.08. The lowest BCUT2D eigenvalue weighted by atomic mass is 10.3. The van der Waals surface area contributed by atoms with Gasteiger partial charge in [0, 0.05) is 6.42 Å². The van der Waals surface area contributed by atoms with Crippen LogP contribution in [0, 0.1) is 0 Å². The Hall–Kier alpha value is -1.26. The van der Waals surface area contributed by atoms with Crippen LogP contribution in [0.3, 0.4) is 0 Å². The molecule has 0 atom stereocenters. The highest BCUT2D eigenvalue weighted by molar-refractivity contribution is 6.28. The molecular weight excluding hydrogens is 228 g/mol. The van der Waals surface area contributed by atoms with Gasteiger partial charge >= 0.3 is 0 Å². The van der Waals surface area contributed by atoms with Crippen molar-refractivity contribution in [2.24, 2.45) is 0 Å². The topological polar surface area (TPSA) is 51.2 Å². The molecule has 0 aliphatic rings. The third kappa shape index (κ3) is 2.65. The van der Waals surface area contributed by atoms with Crippen LogP contribution in [0.5, 0.6) is 0 Å². The number of furan rings is 1. The van der Waals surface area contributed by atoms with Crippen LogP contribution in [0.1, 0.15) is 12.2 Å². The molecule has 0 amide bonds. The van der Waals surface area contributed by atoms with E-state index in [4.69, 9.17) is 20.4 Å². The zero-order valence-corrected chi connectivity index (χ0v) is 9.75. The van der Waals surface area contributed by atoms with Crippen molar-refractivity contribution in [1.29, 1.82) is 0 Å². The lowest BCUT2D eigenvalue weighted by molar-refractivity contribution is 0.481. The van der Waals surface area contributed by atoms with Crippen LogP contribution < -0.4 is 5.32 Å². The predicted octanol–water partition coefficient (Wildman–Crippen LogP) is 2.74. The van der Waals surface area contributed by atoms with E-state index in [1.807, 2.05) is 7.05 Å². The summed E-state index contributed by atoms with van der Waals surface area (Å²) in [6, 6.07) is 3.41. The van der Waals surface area contributed by atoms with Crippen molar-refractivity contribution < 1.29 is 8.83 Å². The summed E-state index contributed by atoms with van der Waals surface area (Å²) in [7, 11) is 1.93. The van der Waals surface area contributed by atoms with E-state index in [1.165, 1.54) is 0 Å². The predicted molar refractivity (Wildman–Crippen MR) is 61.5 cm³/mol. The number of hydrogen-bond donors (Lipinski definition) is 1. The SMILES string of the molecule is CNCCCc1cnc(-c2ccc(Cl)o2)o1. The molecule has 2 aromatic rings. The molecule has 0 aromatic carbocycles. The molecule has 2 aromatic heterocycles. The van der Waals surface area contributed by atoms with Gasteiger partial charge in [0.05, 0.1) is 6.20 Å². The number of nitrogens with one attached hydrogen (secondary N) is 1. The highest BCUT2D eigenvalue weighted by Gasteiger charge is 2.10. The summed E-state index contributed by atoms with van der Waals surface area (Å²) < 4.78 is 10.7. The van der Waals surface area contributed by atoms with E-state index in [0.29, 0.717) is 16.9 Å². The maximum atomic E-state index is 5.68. The molecule has 0 fully saturated rings. The number of rotatable bonds is 5. The van der Waals surface area contributed by atoms with Gasteiger partial charge in [0.25, 0.3) is 5.89 Å². The number of hydrogen-bond acceptors (Lipinski definition) is 4. The molecule has 0 saturated heterocycles. The summed E-state index contributed by atoms with van der Waals surface area (Å²) in [5.41, 5.74) is 0. The first-order valence-corrected chi connectivity index (χ1v) is 5.52. The fourth-order valence-corrected chi connectivity index (χ4v) is 1.55. The zero-order valence-electron chi connectivity index (χ0n) is 9.00. The highest BCUT2D eigenvalue weighted by Crippen LogP contribution is 2.24. The maximum absolute atomic E-state index is 5.68. The quantitative estimate of drug-likeness (QED) is 0.817. The third-order valence-electron chi connectivity index (χ3n) is 2.19. The number of oxazole rings is 1. The fraction of sp³-hybridized carbons (Fsp3) is 0.364. The normalized spacial score (nSPS) is 10.9. The zero-order chi connectivity index (χ0) is 11.4. The molecule has 0 bridgehead atoms. The molecular formula is C11H13ClN2O2. The van der Waals surface area contributed by atoms with E-state index in [1.54, 1.807) is 18.3 Å². The van der Waals surface area contributed by atoms with Crippen molar-refractivity contribution in [3.63, 3.8) is 0 Å². The van der Waals surface area contributed by atoms with Crippen LogP contribution in [0.4, 0.5) is 0 Å². The van der Waals surface area contributed by atoms with Crippen molar-refractivity contribution >= 4 is 11.6 Å². The second kappa shape index (κ2) is 5.18. The van der Waals surface area contributed by atoms with Crippen LogP contribution >= 0.6 is 11.6 Å². The van der Waals surface area contributed by atoms with Crippen molar-refractivity contribution in [3.8, 4) is 11.7 Å². The summed E-state index contributed by atoms with van der Waals surface area (Å²) in [6.45, 7) is 0.961. The molecule has 1 N–H and O–H groups in total. The van der Waals surface area contributed by atoms with Crippen LogP contribution in [0.25, 0.3) is 11.7 Å². The van der Waals surface area contributed by atoms with Gasteiger partial charge in [-0.2, -0.15) is 0 Å². The van der Waals surface area contributed by atoms with Crippen molar-refractivity contribution in [3.05, 3.63) is 29.3 Å². The van der Waals surface area contributed by atoms with Crippen LogP contribution in [0.2, 0.25) is 5.22 Å². The first-order chi connectivity index (χ1) is 7.79. The largest absolute Gasteiger partial charge is 0.440 e. The summed E-state index contributed by atoms with van der Waals surface area (Å²) in [6.07, 6.45) is 3.60. The molecule has 16 heavy (non-hydrogen) atoms. The van der Waals surface area contributed by atoms with E-state index in [-0.39, 0.29) is 0 Å². The first kappa shape index (κ1) is 11.2. The average Bonchev–Trinajstić information content (AvgIpc) is 2.87. The Morgan fingerprint density at radius 3 is 2.94 bits per heavy atom. The number of halogens is 1. The average molecular weight is 241 g/mol. The number of aryl methyl sites for hydroxylation is 1. The van der Waals surface area contributed by atoms with E-state index in [0.717, 1.165) is 25.1 Å². The minimum Gasteiger partial charge on any atom is -0.440 e. The van der Waals surface area contributed by atoms with Crippen LogP contribution in [-0.4, -0.2) is 18.6 Å². The molecule has 0 aliphatic carbocycles. The van der Waals surface area contributed by atoms with Gasteiger partial charge < -0.3 is 14.2 Å². The van der Waals surface area contributed by atoms with E-state index < -0.39 is 0 Å². The minimum atomic E-state index is 0.338. The summed E-state index contributed by atoms with van der Waals surface area (Å²) in [4.78, 5) is 4.14. The smallest absolute Gasteiger partial charge is 0.263 e. The number of nitrogens with zero attached hydrogens (tertiary/aromatic N) is 1. The summed E-state index contributed by atoms with van der Waals surface area (Å²) in [5.74, 6) is 1.90. The number of aromatic nitrogens is 1. The van der Waals surface area contributed by atoms with Crippen molar-refractivity contribution in [2.45, 2.75) is 12.8 Å². The Bertz CT molecular complexity index is 450. The van der Waals surface area contributed by atoms with E-state index in [9.17, 15) is 0 Å². The van der Waals surface area contributed by atoms with Gasteiger partial charge in [-0.25, -0.2) is 4.98 Å². The van der Waals surface area contributed by atoms with Gasteiger partial charge in [0.2, 0.25) is 0 Å². The Labute approximate surface area is 98.6 Å². The van der Waals surface area contributed by atoms with Gasteiger partial charge in [0.1, 0.15) is 5.76 Å². The van der Waals surface area contributed by atoms with E-state index in [2.05, 4.69) is 10.3 Å². The maximum Gasteiger partial charge on any atom is 0.263 e. The molecule has 0 saturated carbocycles. The third-order valence-corrected chi connectivity index (χ3v) is 2.39. The molecule has 0 unspecified atom stereocenters. The van der Waals surface area contributed by atoms with Gasteiger partial charge in [-0.15, -0.1) is 0 Å². The second-order valence-corrected chi connectivity index (χ2v) is 3.82. The molecule has 86 valence electrons. The molecule has 0 radical (unpaired) electrons. The Balaban J connectivity index is 2.02. The second-order valence-electron chi connectivity index (χ2n) is 3.44. The van der Waals surface area contributed by atoms with Gasteiger partial charge in [-0.1, -0.05) is 0 Å². The van der Waals surface area contributed by atoms with Crippen molar-refractivity contribution in [2.75, 3.05) is 13.6 Å². The van der Waals surface area contributed by atoms with Crippen molar-refractivity contribution in [1.82, 2.24) is 10.3 Å². The standard InChI is InChI=1S/C11H13ClN2O2/c1-13-6-2-3-8-7-14-11(15-8)9-4-5-10(12)16-9/h4-5,7,13H,2-3,6H2,1H3. The molecule has 5 heteroatoms. The Kier molecular flexibility index (Phi) is 3.64. The van der Waals surface area contributed by atoms with E-state index >= 15 is 0 Å². The minimum absolute atomic E-state index is 0.338. The van der Waals surface area contributed by atoms with Gasteiger partial charge in [-0.05, 0) is 43.7 Å². The molecule has 2 rings (SSSR count). The lowest BCUT2D eigenvalue weighted by Gasteiger charge is -1.95. The summed E-state index contributed by atoms with van der Waals surface area (Å²) in [5, 5.41) is 3.42. The highest BCUT2D eigenvalue weighted by atomic mass is 35.5. The molecule has 2 heterocycles. The Morgan fingerprint density at radius 2 is 2.25 bits per heavy atom. The molecule has 4 nitrogen and oxygen atoms in total. The monoisotopic (exact) mass is 240 g/mol. The van der Waals surface area contributed by atoms with Crippen LogP contribution in [-0.2, 0) is 6.42 Å².